The molecular formula is C18H11ClF2N2O3S. The van der Waals surface area contributed by atoms with Gasteiger partial charge in [0.25, 0.3) is 5.91 Å². The first kappa shape index (κ1) is 18.9. The van der Waals surface area contributed by atoms with Crippen molar-refractivity contribution in [1.29, 1.82) is 0 Å². The van der Waals surface area contributed by atoms with E-state index in [0.29, 0.717) is 5.69 Å². The molecule has 0 saturated carbocycles. The second-order valence-electron chi connectivity index (χ2n) is 5.48. The van der Waals surface area contributed by atoms with E-state index in [1.807, 2.05) is 0 Å². The zero-order chi connectivity index (χ0) is 19.7. The van der Waals surface area contributed by atoms with E-state index in [2.05, 4.69) is 10.3 Å². The molecule has 0 saturated heterocycles. The van der Waals surface area contributed by atoms with Crippen molar-refractivity contribution in [2.75, 3.05) is 5.32 Å². The number of amides is 1. The molecule has 0 unspecified atom stereocenters. The van der Waals surface area contributed by atoms with E-state index in [9.17, 15) is 18.4 Å². The number of hydrogen-bond donors (Lipinski definition) is 2. The van der Waals surface area contributed by atoms with Crippen molar-refractivity contribution in [1.82, 2.24) is 4.98 Å². The minimum atomic E-state index is -1.23. The highest BCUT2D eigenvalue weighted by atomic mass is 35.5. The van der Waals surface area contributed by atoms with Crippen molar-refractivity contribution < 1.29 is 23.5 Å². The molecule has 0 fully saturated rings. The minimum absolute atomic E-state index is 0.0341. The first-order valence-corrected chi connectivity index (χ1v) is 8.73. The van der Waals surface area contributed by atoms with Gasteiger partial charge in [-0.05, 0) is 37.3 Å². The average Bonchev–Trinajstić information content (AvgIpc) is 2.97. The molecule has 138 valence electrons. The van der Waals surface area contributed by atoms with Crippen LogP contribution in [0, 0.1) is 18.6 Å². The molecule has 9 heteroatoms. The Bertz CT molecular complexity index is 1050. The maximum Gasteiger partial charge on any atom is 0.337 e. The Morgan fingerprint density at radius 1 is 1.19 bits per heavy atom. The fourth-order valence-electron chi connectivity index (χ4n) is 2.37. The maximum absolute atomic E-state index is 13.9. The monoisotopic (exact) mass is 408 g/mol. The number of carbonyl (C=O) groups excluding carboxylic acids is 1. The maximum atomic E-state index is 13.9. The number of thiazole rings is 1. The van der Waals surface area contributed by atoms with Gasteiger partial charge in [-0.25, -0.2) is 18.6 Å². The second-order valence-corrected chi connectivity index (χ2v) is 6.89. The lowest BCUT2D eigenvalue weighted by atomic mass is 10.2. The molecule has 2 N–H and O–H groups in total. The van der Waals surface area contributed by atoms with Crippen molar-refractivity contribution in [3.05, 3.63) is 69.2 Å². The van der Waals surface area contributed by atoms with E-state index in [1.54, 1.807) is 0 Å². The number of carboxylic acids is 1. The van der Waals surface area contributed by atoms with Crippen molar-refractivity contribution in [2.45, 2.75) is 6.92 Å². The molecule has 0 atom stereocenters. The predicted molar refractivity (Wildman–Crippen MR) is 98.6 cm³/mol. The summed E-state index contributed by atoms with van der Waals surface area (Å²) in [6, 6.07) is 7.46. The topological polar surface area (TPSA) is 79.3 Å². The molecule has 1 aromatic heterocycles. The molecule has 0 aliphatic carbocycles. The standard InChI is InChI=1S/C18H11ClF2N2O3S/c1-8-15(27-17(22-8)14-12(20)3-2-4-13(14)21)16(24)23-9-5-6-11(19)10(7-9)18(25)26/h2-7H,1H3,(H,23,24)(H,25,26). The highest BCUT2D eigenvalue weighted by Crippen LogP contribution is 2.32. The minimum Gasteiger partial charge on any atom is -0.478 e. The van der Waals surface area contributed by atoms with Crippen LogP contribution in [0.1, 0.15) is 25.7 Å². The van der Waals surface area contributed by atoms with Crippen LogP contribution in [0.5, 0.6) is 0 Å². The highest BCUT2D eigenvalue weighted by molar-refractivity contribution is 7.17. The number of aryl methyl sites for hydroxylation is 1. The molecule has 27 heavy (non-hydrogen) atoms. The molecule has 3 aromatic rings. The number of carbonyl (C=O) groups is 2. The summed E-state index contributed by atoms with van der Waals surface area (Å²) >= 11 is 6.63. The quantitative estimate of drug-likeness (QED) is 0.636. The van der Waals surface area contributed by atoms with Gasteiger partial charge in [-0.1, -0.05) is 17.7 Å². The van der Waals surface area contributed by atoms with Gasteiger partial charge in [0.1, 0.15) is 21.5 Å². The summed E-state index contributed by atoms with van der Waals surface area (Å²) in [5.41, 5.74) is 0.0460. The number of hydrogen-bond acceptors (Lipinski definition) is 4. The van der Waals surface area contributed by atoms with E-state index >= 15 is 0 Å². The summed E-state index contributed by atoms with van der Waals surface area (Å²) in [5, 5.41) is 11.7. The number of benzene rings is 2. The van der Waals surface area contributed by atoms with Crippen molar-refractivity contribution in [2.24, 2.45) is 0 Å². The van der Waals surface area contributed by atoms with E-state index in [0.717, 1.165) is 23.5 Å². The third-order valence-corrected chi connectivity index (χ3v) is 5.14. The van der Waals surface area contributed by atoms with Crippen LogP contribution in [0.4, 0.5) is 14.5 Å². The van der Waals surface area contributed by atoms with Crippen LogP contribution < -0.4 is 5.32 Å². The van der Waals surface area contributed by atoms with Gasteiger partial charge >= 0.3 is 5.97 Å². The molecule has 1 amide bonds. The number of aromatic nitrogens is 1. The van der Waals surface area contributed by atoms with Crippen LogP contribution >= 0.6 is 22.9 Å². The van der Waals surface area contributed by atoms with Gasteiger partial charge in [0, 0.05) is 5.69 Å². The highest BCUT2D eigenvalue weighted by Gasteiger charge is 2.21. The zero-order valence-corrected chi connectivity index (χ0v) is 15.3. The van der Waals surface area contributed by atoms with E-state index in [-0.39, 0.29) is 31.7 Å². The van der Waals surface area contributed by atoms with Gasteiger partial charge in [-0.2, -0.15) is 0 Å². The predicted octanol–water partition coefficient (Wildman–Crippen LogP) is 5.00. The summed E-state index contributed by atoms with van der Waals surface area (Å²) in [6.07, 6.45) is 0. The first-order chi connectivity index (χ1) is 12.8. The molecule has 0 radical (unpaired) electrons. The largest absolute Gasteiger partial charge is 0.478 e. The Labute approximate surface area is 161 Å². The Morgan fingerprint density at radius 2 is 1.85 bits per heavy atom. The first-order valence-electron chi connectivity index (χ1n) is 7.54. The molecule has 1 heterocycles. The molecule has 0 spiro atoms. The summed E-state index contributed by atoms with van der Waals surface area (Å²) < 4.78 is 27.9. The number of rotatable bonds is 4. The average molecular weight is 409 g/mol. The lowest BCUT2D eigenvalue weighted by Gasteiger charge is -2.06. The van der Waals surface area contributed by atoms with Gasteiger partial charge in [0.15, 0.2) is 0 Å². The van der Waals surface area contributed by atoms with E-state index < -0.39 is 23.5 Å². The summed E-state index contributed by atoms with van der Waals surface area (Å²) in [5.74, 6) is -3.37. The van der Waals surface area contributed by atoms with Gasteiger partial charge in [-0.3, -0.25) is 4.79 Å². The van der Waals surface area contributed by atoms with Gasteiger partial charge in [0.05, 0.1) is 21.8 Å². The summed E-state index contributed by atoms with van der Waals surface area (Å²) in [4.78, 5) is 27.9. The van der Waals surface area contributed by atoms with Crippen molar-refractivity contribution in [3.8, 4) is 10.6 Å². The second kappa shape index (κ2) is 7.42. The molecule has 5 nitrogen and oxygen atoms in total. The Balaban J connectivity index is 1.92. The fraction of sp³-hybridized carbons (Fsp3) is 0.0556. The molecule has 0 bridgehead atoms. The Kier molecular flexibility index (Phi) is 5.20. The Morgan fingerprint density at radius 3 is 2.48 bits per heavy atom. The van der Waals surface area contributed by atoms with Crippen LogP contribution in [-0.4, -0.2) is 22.0 Å². The number of anilines is 1. The molecule has 2 aromatic carbocycles. The molecule has 3 rings (SSSR count). The van der Waals surface area contributed by atoms with E-state index in [1.165, 1.54) is 31.2 Å². The van der Waals surface area contributed by atoms with Crippen LogP contribution in [0.25, 0.3) is 10.6 Å². The Hall–Kier alpha value is -2.84. The number of nitrogens with zero attached hydrogens (tertiary/aromatic N) is 1. The zero-order valence-electron chi connectivity index (χ0n) is 13.7. The van der Waals surface area contributed by atoms with Gasteiger partial charge in [0.2, 0.25) is 0 Å². The van der Waals surface area contributed by atoms with Crippen LogP contribution in [0.2, 0.25) is 5.02 Å². The van der Waals surface area contributed by atoms with Gasteiger partial charge in [-0.15, -0.1) is 11.3 Å². The van der Waals surface area contributed by atoms with Crippen LogP contribution in [0.3, 0.4) is 0 Å². The summed E-state index contributed by atoms with van der Waals surface area (Å²) in [7, 11) is 0. The van der Waals surface area contributed by atoms with E-state index in [4.69, 9.17) is 16.7 Å². The van der Waals surface area contributed by atoms with Crippen molar-refractivity contribution in [3.63, 3.8) is 0 Å². The fourth-order valence-corrected chi connectivity index (χ4v) is 3.58. The van der Waals surface area contributed by atoms with Crippen LogP contribution in [-0.2, 0) is 0 Å². The van der Waals surface area contributed by atoms with Gasteiger partial charge < -0.3 is 10.4 Å². The molecule has 0 aliphatic rings. The van der Waals surface area contributed by atoms with Crippen LogP contribution in [0.15, 0.2) is 36.4 Å². The van der Waals surface area contributed by atoms with Crippen molar-refractivity contribution >= 4 is 40.5 Å². The lowest BCUT2D eigenvalue weighted by molar-refractivity contribution is 0.0696. The normalized spacial score (nSPS) is 10.7. The smallest absolute Gasteiger partial charge is 0.337 e. The number of carboxylic acid groups (broad SMARTS) is 1. The third-order valence-electron chi connectivity index (χ3n) is 3.63. The summed E-state index contributed by atoms with van der Waals surface area (Å²) in [6.45, 7) is 1.54. The third kappa shape index (κ3) is 3.81. The number of halogens is 3. The molecular weight excluding hydrogens is 398 g/mol. The number of nitrogens with one attached hydrogen (secondary N) is 1. The molecule has 0 aliphatic heterocycles. The lowest BCUT2D eigenvalue weighted by Crippen LogP contribution is -2.12. The SMILES string of the molecule is Cc1nc(-c2c(F)cccc2F)sc1C(=O)Nc1ccc(Cl)c(C(=O)O)c1. The number of aromatic carboxylic acids is 1.